The Balaban J connectivity index is 2.08. The summed E-state index contributed by atoms with van der Waals surface area (Å²) in [5.41, 5.74) is 1.00. The third-order valence-electron chi connectivity index (χ3n) is 2.33. The first-order chi connectivity index (χ1) is 8.72. The summed E-state index contributed by atoms with van der Waals surface area (Å²) in [6.07, 6.45) is 0. The Morgan fingerprint density at radius 2 is 2.17 bits per heavy atom. The fourth-order valence-corrected chi connectivity index (χ4v) is 2.15. The number of nitrogens with one attached hydrogen (secondary N) is 1. The SMILES string of the molecule is COc1ccc(CNc2nc(Cl)ns2)c(OC)c1. The van der Waals surface area contributed by atoms with Crippen molar-refractivity contribution in [2.24, 2.45) is 0 Å². The van der Waals surface area contributed by atoms with E-state index >= 15 is 0 Å². The molecule has 0 fully saturated rings. The number of methoxy groups -OCH3 is 2. The second-order valence-corrected chi connectivity index (χ2v) is 4.49. The molecule has 0 amide bonds. The van der Waals surface area contributed by atoms with Crippen LogP contribution in [0, 0.1) is 0 Å². The van der Waals surface area contributed by atoms with Gasteiger partial charge >= 0.3 is 0 Å². The number of anilines is 1. The molecule has 0 atom stereocenters. The zero-order chi connectivity index (χ0) is 13.0. The molecule has 0 radical (unpaired) electrons. The number of halogens is 1. The van der Waals surface area contributed by atoms with E-state index in [1.54, 1.807) is 14.2 Å². The van der Waals surface area contributed by atoms with E-state index in [0.29, 0.717) is 11.7 Å². The smallest absolute Gasteiger partial charge is 0.236 e. The van der Waals surface area contributed by atoms with E-state index in [2.05, 4.69) is 14.7 Å². The van der Waals surface area contributed by atoms with Crippen LogP contribution in [-0.4, -0.2) is 23.6 Å². The maximum Gasteiger partial charge on any atom is 0.236 e. The van der Waals surface area contributed by atoms with E-state index < -0.39 is 0 Å². The van der Waals surface area contributed by atoms with Crippen LogP contribution in [0.25, 0.3) is 0 Å². The predicted molar refractivity (Wildman–Crippen MR) is 71.8 cm³/mol. The van der Waals surface area contributed by atoms with Gasteiger partial charge in [-0.15, -0.1) is 0 Å². The number of rotatable bonds is 5. The number of hydrogen-bond donors (Lipinski definition) is 1. The fourth-order valence-electron chi connectivity index (χ4n) is 1.45. The molecule has 1 aromatic heterocycles. The molecule has 5 nitrogen and oxygen atoms in total. The largest absolute Gasteiger partial charge is 0.497 e. The van der Waals surface area contributed by atoms with Crippen LogP contribution in [0.4, 0.5) is 5.13 Å². The normalized spacial score (nSPS) is 10.2. The van der Waals surface area contributed by atoms with Crippen molar-refractivity contribution in [3.05, 3.63) is 29.0 Å². The Morgan fingerprint density at radius 1 is 1.33 bits per heavy atom. The average Bonchev–Trinajstić information content (AvgIpc) is 2.82. The molecule has 7 heteroatoms. The molecule has 0 saturated heterocycles. The number of ether oxygens (including phenoxy) is 2. The lowest BCUT2D eigenvalue weighted by molar-refractivity contribution is 0.391. The van der Waals surface area contributed by atoms with Crippen LogP contribution in [0.15, 0.2) is 18.2 Å². The summed E-state index contributed by atoms with van der Waals surface area (Å²) >= 11 is 6.87. The average molecular weight is 286 g/mol. The van der Waals surface area contributed by atoms with Gasteiger partial charge < -0.3 is 14.8 Å². The highest BCUT2D eigenvalue weighted by Gasteiger charge is 2.06. The standard InChI is InChI=1S/C11H12ClN3O2S/c1-16-8-4-3-7(9(5-8)17-2)6-13-11-14-10(12)15-18-11/h3-5H,6H2,1-2H3,(H,13,14,15). The monoisotopic (exact) mass is 285 g/mol. The highest BCUT2D eigenvalue weighted by molar-refractivity contribution is 7.09. The van der Waals surface area contributed by atoms with E-state index in [1.165, 1.54) is 11.5 Å². The first kappa shape index (κ1) is 12.9. The minimum atomic E-state index is 0.254. The molecule has 0 aliphatic carbocycles. The van der Waals surface area contributed by atoms with Crippen LogP contribution >= 0.6 is 23.1 Å². The molecule has 2 aromatic rings. The van der Waals surface area contributed by atoms with Gasteiger partial charge in [0, 0.05) is 29.7 Å². The second-order valence-electron chi connectivity index (χ2n) is 3.40. The van der Waals surface area contributed by atoms with E-state index in [1.807, 2.05) is 18.2 Å². The third-order valence-corrected chi connectivity index (χ3v) is 3.27. The van der Waals surface area contributed by atoms with Gasteiger partial charge in [-0.3, -0.25) is 0 Å². The summed E-state index contributed by atoms with van der Waals surface area (Å²) in [6.45, 7) is 0.582. The second kappa shape index (κ2) is 5.88. The number of hydrogen-bond acceptors (Lipinski definition) is 6. The Kier molecular flexibility index (Phi) is 4.22. The number of aromatic nitrogens is 2. The third kappa shape index (κ3) is 3.02. The van der Waals surface area contributed by atoms with Gasteiger partial charge in [-0.2, -0.15) is 9.36 Å². The van der Waals surface area contributed by atoms with Crippen molar-refractivity contribution in [1.82, 2.24) is 9.36 Å². The number of nitrogens with zero attached hydrogens (tertiary/aromatic N) is 2. The van der Waals surface area contributed by atoms with Gasteiger partial charge in [0.25, 0.3) is 0 Å². The first-order valence-electron chi connectivity index (χ1n) is 5.17. The van der Waals surface area contributed by atoms with Gasteiger partial charge in [0.15, 0.2) is 0 Å². The summed E-state index contributed by atoms with van der Waals surface area (Å²) in [5, 5.41) is 4.07. The van der Waals surface area contributed by atoms with Crippen LogP contribution in [0.3, 0.4) is 0 Å². The minimum absolute atomic E-state index is 0.254. The van der Waals surface area contributed by atoms with E-state index in [-0.39, 0.29) is 5.28 Å². The molecule has 96 valence electrons. The summed E-state index contributed by atoms with van der Waals surface area (Å²) in [6, 6.07) is 5.66. The molecular formula is C11H12ClN3O2S. The molecule has 18 heavy (non-hydrogen) atoms. The quantitative estimate of drug-likeness (QED) is 0.915. The molecule has 1 N–H and O–H groups in total. The topological polar surface area (TPSA) is 56.3 Å². The number of benzene rings is 1. The summed E-state index contributed by atoms with van der Waals surface area (Å²) in [7, 11) is 3.25. The molecule has 0 aliphatic rings. The lowest BCUT2D eigenvalue weighted by atomic mass is 10.2. The van der Waals surface area contributed by atoms with Gasteiger partial charge in [0.05, 0.1) is 14.2 Å². The van der Waals surface area contributed by atoms with E-state index in [4.69, 9.17) is 21.1 Å². The van der Waals surface area contributed by atoms with Gasteiger partial charge in [-0.1, -0.05) is 0 Å². The van der Waals surface area contributed by atoms with Crippen molar-refractivity contribution in [2.45, 2.75) is 6.54 Å². The van der Waals surface area contributed by atoms with Crippen LogP contribution in [0.2, 0.25) is 5.28 Å². The summed E-state index contributed by atoms with van der Waals surface area (Å²) < 4.78 is 14.3. The van der Waals surface area contributed by atoms with Gasteiger partial charge in [0.1, 0.15) is 11.5 Å². The van der Waals surface area contributed by atoms with Crippen molar-refractivity contribution in [2.75, 3.05) is 19.5 Å². The van der Waals surface area contributed by atoms with Gasteiger partial charge in [0.2, 0.25) is 10.4 Å². The van der Waals surface area contributed by atoms with Crippen LogP contribution < -0.4 is 14.8 Å². The first-order valence-corrected chi connectivity index (χ1v) is 6.32. The molecule has 2 rings (SSSR count). The zero-order valence-electron chi connectivity index (χ0n) is 9.94. The van der Waals surface area contributed by atoms with Crippen LogP contribution in [0.1, 0.15) is 5.56 Å². The van der Waals surface area contributed by atoms with E-state index in [9.17, 15) is 0 Å². The van der Waals surface area contributed by atoms with E-state index in [0.717, 1.165) is 17.1 Å². The molecule has 1 aromatic carbocycles. The van der Waals surface area contributed by atoms with Crippen molar-refractivity contribution < 1.29 is 9.47 Å². The highest BCUT2D eigenvalue weighted by Crippen LogP contribution is 2.25. The maximum absolute atomic E-state index is 5.65. The Hall–Kier alpha value is -1.53. The van der Waals surface area contributed by atoms with Gasteiger partial charge in [-0.05, 0) is 23.7 Å². The lowest BCUT2D eigenvalue weighted by Gasteiger charge is -2.10. The van der Waals surface area contributed by atoms with Crippen molar-refractivity contribution >= 4 is 28.3 Å². The Labute approximate surface area is 114 Å². The zero-order valence-corrected chi connectivity index (χ0v) is 11.5. The van der Waals surface area contributed by atoms with Gasteiger partial charge in [-0.25, -0.2) is 0 Å². The van der Waals surface area contributed by atoms with Crippen LogP contribution in [-0.2, 0) is 6.54 Å². The minimum Gasteiger partial charge on any atom is -0.497 e. The molecule has 0 unspecified atom stereocenters. The fraction of sp³-hybridized carbons (Fsp3) is 0.273. The Bertz CT molecular complexity index is 533. The molecule has 0 saturated carbocycles. The predicted octanol–water partition coefficient (Wildman–Crippen LogP) is 2.82. The van der Waals surface area contributed by atoms with Crippen molar-refractivity contribution in [3.63, 3.8) is 0 Å². The highest BCUT2D eigenvalue weighted by atomic mass is 35.5. The molecule has 0 bridgehead atoms. The van der Waals surface area contributed by atoms with Crippen molar-refractivity contribution in [1.29, 1.82) is 0 Å². The molecule has 0 aliphatic heterocycles. The summed E-state index contributed by atoms with van der Waals surface area (Å²) in [4.78, 5) is 4.01. The van der Waals surface area contributed by atoms with Crippen LogP contribution in [0.5, 0.6) is 11.5 Å². The molecular weight excluding hydrogens is 274 g/mol. The van der Waals surface area contributed by atoms with Crippen molar-refractivity contribution in [3.8, 4) is 11.5 Å². The maximum atomic E-state index is 5.65. The Morgan fingerprint density at radius 3 is 2.78 bits per heavy atom. The summed E-state index contributed by atoms with van der Waals surface area (Å²) in [5.74, 6) is 1.52. The molecule has 0 spiro atoms. The lowest BCUT2D eigenvalue weighted by Crippen LogP contribution is -2.01. The molecule has 1 heterocycles.